The third-order valence-electron chi connectivity index (χ3n) is 4.23. The maximum Gasteiger partial charge on any atom is 0.246 e. The van der Waals surface area contributed by atoms with E-state index in [2.05, 4.69) is 0 Å². The zero-order chi connectivity index (χ0) is 17.0. The third kappa shape index (κ3) is 4.23. The van der Waals surface area contributed by atoms with Crippen LogP contribution in [0.2, 0.25) is 0 Å². The predicted molar refractivity (Wildman–Crippen MR) is 87.6 cm³/mol. The third-order valence-corrected chi connectivity index (χ3v) is 6.15. The monoisotopic (exact) mass is 340 g/mol. The molecular formula is C16H24N2O4S. The molecule has 0 radical (unpaired) electrons. The topological polar surface area (TPSA) is 89.7 Å². The first-order valence-corrected chi connectivity index (χ1v) is 9.21. The lowest BCUT2D eigenvalue weighted by Crippen LogP contribution is -2.32. The molecule has 1 saturated heterocycles. The number of carbonyl (C=O) groups is 1. The van der Waals surface area contributed by atoms with Crippen LogP contribution in [0.4, 0.5) is 0 Å². The average molecular weight is 340 g/mol. The fourth-order valence-corrected chi connectivity index (χ4v) is 4.73. The van der Waals surface area contributed by atoms with E-state index < -0.39 is 10.0 Å². The Morgan fingerprint density at radius 1 is 1.35 bits per heavy atom. The molecule has 1 aromatic carbocycles. The molecule has 23 heavy (non-hydrogen) atoms. The number of benzene rings is 1. The minimum absolute atomic E-state index is 0.159. The number of aryl methyl sites for hydroxylation is 1. The second-order valence-electron chi connectivity index (χ2n) is 6.03. The molecule has 0 bridgehead atoms. The van der Waals surface area contributed by atoms with Gasteiger partial charge in [-0.2, -0.15) is 4.31 Å². The van der Waals surface area contributed by atoms with Gasteiger partial charge in [0.2, 0.25) is 15.9 Å². The number of methoxy groups -OCH3 is 1. The van der Waals surface area contributed by atoms with Crippen LogP contribution in [-0.4, -0.2) is 38.8 Å². The molecule has 1 atom stereocenters. The number of hydrogen-bond acceptors (Lipinski definition) is 4. The van der Waals surface area contributed by atoms with Crippen molar-refractivity contribution in [1.29, 1.82) is 0 Å². The zero-order valence-electron chi connectivity index (χ0n) is 13.6. The van der Waals surface area contributed by atoms with Gasteiger partial charge in [0.05, 0.1) is 7.11 Å². The number of ether oxygens (including phenoxy) is 1. The Hall–Kier alpha value is -1.60. The van der Waals surface area contributed by atoms with Gasteiger partial charge in [-0.05, 0) is 49.8 Å². The highest BCUT2D eigenvalue weighted by atomic mass is 32.2. The van der Waals surface area contributed by atoms with Gasteiger partial charge in [-0.3, -0.25) is 4.79 Å². The van der Waals surface area contributed by atoms with Gasteiger partial charge in [-0.25, -0.2) is 8.42 Å². The van der Waals surface area contributed by atoms with E-state index >= 15 is 0 Å². The highest BCUT2D eigenvalue weighted by molar-refractivity contribution is 7.89. The maximum atomic E-state index is 13.0. The van der Waals surface area contributed by atoms with Crippen LogP contribution in [0.25, 0.3) is 0 Å². The largest absolute Gasteiger partial charge is 0.495 e. The van der Waals surface area contributed by atoms with Gasteiger partial charge in [-0.15, -0.1) is 0 Å². The van der Waals surface area contributed by atoms with Gasteiger partial charge in [0.15, 0.2) is 0 Å². The summed E-state index contributed by atoms with van der Waals surface area (Å²) >= 11 is 0. The van der Waals surface area contributed by atoms with E-state index in [0.29, 0.717) is 31.7 Å². The van der Waals surface area contributed by atoms with E-state index in [0.717, 1.165) is 18.4 Å². The number of carbonyl (C=O) groups excluding carboxylic acids is 1. The van der Waals surface area contributed by atoms with Crippen LogP contribution in [0.3, 0.4) is 0 Å². The molecule has 0 spiro atoms. The fourth-order valence-electron chi connectivity index (χ4n) is 2.99. The Morgan fingerprint density at radius 3 is 2.74 bits per heavy atom. The molecule has 1 amide bonds. The Labute approximate surface area is 137 Å². The normalized spacial score (nSPS) is 20.0. The number of primary amides is 1. The van der Waals surface area contributed by atoms with Gasteiger partial charge >= 0.3 is 0 Å². The van der Waals surface area contributed by atoms with Gasteiger partial charge in [-0.1, -0.05) is 6.07 Å². The van der Waals surface area contributed by atoms with Crippen molar-refractivity contribution in [3.8, 4) is 5.75 Å². The summed E-state index contributed by atoms with van der Waals surface area (Å²) in [6.07, 6.45) is 2.52. The molecule has 1 fully saturated rings. The molecular weight excluding hydrogens is 316 g/mol. The summed E-state index contributed by atoms with van der Waals surface area (Å²) in [4.78, 5) is 11.3. The quantitative estimate of drug-likeness (QED) is 0.883. The molecule has 2 rings (SSSR count). The molecule has 6 nitrogen and oxygen atoms in total. The van der Waals surface area contributed by atoms with E-state index in [1.54, 1.807) is 12.1 Å². The summed E-state index contributed by atoms with van der Waals surface area (Å²) in [5, 5.41) is 0. The van der Waals surface area contributed by atoms with Crippen LogP contribution in [0.5, 0.6) is 5.75 Å². The number of sulfonamides is 1. The van der Waals surface area contributed by atoms with Crippen molar-refractivity contribution in [3.05, 3.63) is 23.8 Å². The van der Waals surface area contributed by atoms with Crippen LogP contribution < -0.4 is 10.5 Å². The van der Waals surface area contributed by atoms with Crippen LogP contribution in [-0.2, 0) is 14.8 Å². The molecule has 1 aliphatic rings. The van der Waals surface area contributed by atoms with Crippen molar-refractivity contribution >= 4 is 15.9 Å². The Morgan fingerprint density at radius 2 is 2.09 bits per heavy atom. The number of amides is 1. The predicted octanol–water partition coefficient (Wildman–Crippen LogP) is 1.67. The second-order valence-corrected chi connectivity index (χ2v) is 7.93. The number of rotatable bonds is 5. The lowest BCUT2D eigenvalue weighted by atomic mass is 9.97. The second kappa shape index (κ2) is 7.31. The first-order valence-electron chi connectivity index (χ1n) is 7.77. The first-order chi connectivity index (χ1) is 10.8. The minimum atomic E-state index is -3.61. The van der Waals surface area contributed by atoms with Crippen molar-refractivity contribution in [2.45, 2.75) is 37.5 Å². The van der Waals surface area contributed by atoms with E-state index in [-0.39, 0.29) is 16.7 Å². The van der Waals surface area contributed by atoms with Crippen molar-refractivity contribution in [2.75, 3.05) is 20.2 Å². The van der Waals surface area contributed by atoms with Gasteiger partial charge in [0.1, 0.15) is 10.6 Å². The fraction of sp³-hybridized carbons (Fsp3) is 0.562. The summed E-state index contributed by atoms with van der Waals surface area (Å²) in [6.45, 7) is 2.70. The lowest BCUT2D eigenvalue weighted by Gasteiger charge is -2.21. The average Bonchev–Trinajstić information content (AvgIpc) is 2.72. The van der Waals surface area contributed by atoms with Crippen LogP contribution in [0.15, 0.2) is 23.1 Å². The number of hydrogen-bond donors (Lipinski definition) is 1. The summed E-state index contributed by atoms with van der Waals surface area (Å²) < 4.78 is 32.6. The smallest absolute Gasteiger partial charge is 0.246 e. The molecule has 0 saturated carbocycles. The Kier molecular flexibility index (Phi) is 5.64. The number of nitrogens with zero attached hydrogens (tertiary/aromatic N) is 1. The Bertz CT molecular complexity index is 673. The summed E-state index contributed by atoms with van der Waals surface area (Å²) in [5.41, 5.74) is 6.12. The van der Waals surface area contributed by atoms with Gasteiger partial charge < -0.3 is 10.5 Å². The van der Waals surface area contributed by atoms with Crippen molar-refractivity contribution in [3.63, 3.8) is 0 Å². The SMILES string of the molecule is COc1ccc(C)cc1S(=O)(=O)N1CCCC(CC(N)=O)CC1. The van der Waals surface area contributed by atoms with E-state index in [9.17, 15) is 13.2 Å². The molecule has 1 unspecified atom stereocenters. The van der Waals surface area contributed by atoms with Crippen molar-refractivity contribution in [1.82, 2.24) is 4.31 Å². The molecule has 0 aromatic heterocycles. The van der Waals surface area contributed by atoms with Crippen LogP contribution in [0.1, 0.15) is 31.2 Å². The molecule has 128 valence electrons. The Balaban J connectivity index is 2.23. The molecule has 0 aliphatic carbocycles. The highest BCUT2D eigenvalue weighted by Gasteiger charge is 2.30. The number of nitrogens with two attached hydrogens (primary N) is 1. The van der Waals surface area contributed by atoms with Crippen LogP contribution in [0, 0.1) is 12.8 Å². The summed E-state index contributed by atoms with van der Waals surface area (Å²) in [5.74, 6) is 0.187. The molecule has 1 aromatic rings. The summed E-state index contributed by atoms with van der Waals surface area (Å²) in [7, 11) is -2.14. The van der Waals surface area contributed by atoms with E-state index in [4.69, 9.17) is 10.5 Å². The van der Waals surface area contributed by atoms with E-state index in [1.807, 2.05) is 13.0 Å². The molecule has 1 aliphatic heterocycles. The van der Waals surface area contributed by atoms with Crippen molar-refractivity contribution < 1.29 is 17.9 Å². The standard InChI is InChI=1S/C16H24N2O4S/c1-12-5-6-14(22-2)15(10-12)23(20,21)18-8-3-4-13(7-9-18)11-16(17)19/h5-6,10,13H,3-4,7-9,11H2,1-2H3,(H2,17,19). The minimum Gasteiger partial charge on any atom is -0.495 e. The van der Waals surface area contributed by atoms with Gasteiger partial charge in [0.25, 0.3) is 0 Å². The summed E-state index contributed by atoms with van der Waals surface area (Å²) in [6, 6.07) is 5.14. The maximum absolute atomic E-state index is 13.0. The molecule has 7 heteroatoms. The lowest BCUT2D eigenvalue weighted by molar-refractivity contribution is -0.119. The van der Waals surface area contributed by atoms with Crippen LogP contribution >= 0.6 is 0 Å². The first kappa shape index (κ1) is 17.7. The zero-order valence-corrected chi connectivity index (χ0v) is 14.4. The molecule has 1 heterocycles. The van der Waals surface area contributed by atoms with E-state index in [1.165, 1.54) is 11.4 Å². The molecule has 2 N–H and O–H groups in total. The van der Waals surface area contributed by atoms with Gasteiger partial charge in [0, 0.05) is 19.5 Å². The highest BCUT2D eigenvalue weighted by Crippen LogP contribution is 2.30. The van der Waals surface area contributed by atoms with Crippen molar-refractivity contribution in [2.24, 2.45) is 11.7 Å².